The minimum atomic E-state index is -0.0727. The standard InChI is InChI=1S/C18H14N2O/c1-12-6-8-13(9-7-12)18(21)17-15(10-11-19)14-4-2-3-5-16(14)20-17/h2-9,20H,10H2,1H3. The van der Waals surface area contributed by atoms with E-state index in [1.165, 1.54) is 0 Å². The number of nitriles is 1. The molecule has 0 saturated carbocycles. The lowest BCUT2D eigenvalue weighted by molar-refractivity contribution is 0.103. The van der Waals surface area contributed by atoms with Gasteiger partial charge in [-0.05, 0) is 13.0 Å². The summed E-state index contributed by atoms with van der Waals surface area (Å²) >= 11 is 0. The van der Waals surface area contributed by atoms with E-state index in [4.69, 9.17) is 5.26 Å². The highest BCUT2D eigenvalue weighted by molar-refractivity contribution is 6.11. The van der Waals surface area contributed by atoms with E-state index in [0.29, 0.717) is 11.3 Å². The average Bonchev–Trinajstić information content (AvgIpc) is 2.87. The third-order valence-electron chi connectivity index (χ3n) is 3.61. The Bertz CT molecular complexity index is 851. The van der Waals surface area contributed by atoms with E-state index < -0.39 is 0 Å². The molecule has 2 aromatic carbocycles. The normalized spacial score (nSPS) is 10.5. The maximum Gasteiger partial charge on any atom is 0.209 e. The molecule has 0 aliphatic carbocycles. The summed E-state index contributed by atoms with van der Waals surface area (Å²) in [5.41, 5.74) is 3.92. The van der Waals surface area contributed by atoms with Gasteiger partial charge in [0.1, 0.15) is 0 Å². The molecular weight excluding hydrogens is 260 g/mol. The fourth-order valence-corrected chi connectivity index (χ4v) is 2.51. The highest BCUT2D eigenvalue weighted by Crippen LogP contribution is 2.25. The number of para-hydroxylation sites is 1. The van der Waals surface area contributed by atoms with Crippen LogP contribution in [-0.4, -0.2) is 10.8 Å². The minimum Gasteiger partial charge on any atom is -0.352 e. The number of hydrogen-bond donors (Lipinski definition) is 1. The van der Waals surface area contributed by atoms with Crippen LogP contribution >= 0.6 is 0 Å². The molecule has 1 aromatic heterocycles. The maximum atomic E-state index is 12.7. The monoisotopic (exact) mass is 274 g/mol. The van der Waals surface area contributed by atoms with E-state index in [9.17, 15) is 4.79 Å². The maximum absolute atomic E-state index is 12.7. The molecule has 0 unspecified atom stereocenters. The summed E-state index contributed by atoms with van der Waals surface area (Å²) < 4.78 is 0. The molecular formula is C18H14N2O. The number of rotatable bonds is 3. The Morgan fingerprint density at radius 2 is 1.86 bits per heavy atom. The van der Waals surface area contributed by atoms with Gasteiger partial charge in [0, 0.05) is 22.0 Å². The van der Waals surface area contributed by atoms with E-state index in [2.05, 4.69) is 11.1 Å². The van der Waals surface area contributed by atoms with E-state index in [0.717, 1.165) is 22.0 Å². The number of fused-ring (bicyclic) bond motifs is 1. The number of hydrogen-bond acceptors (Lipinski definition) is 2. The second kappa shape index (κ2) is 5.26. The third kappa shape index (κ3) is 2.32. The first-order valence-electron chi connectivity index (χ1n) is 6.78. The predicted molar refractivity (Wildman–Crippen MR) is 82.2 cm³/mol. The van der Waals surface area contributed by atoms with Gasteiger partial charge >= 0.3 is 0 Å². The number of aromatic nitrogens is 1. The zero-order chi connectivity index (χ0) is 14.8. The molecule has 102 valence electrons. The summed E-state index contributed by atoms with van der Waals surface area (Å²) in [5.74, 6) is -0.0727. The van der Waals surface area contributed by atoms with Crippen LogP contribution in [-0.2, 0) is 6.42 Å². The summed E-state index contributed by atoms with van der Waals surface area (Å²) in [6.07, 6.45) is 0.219. The highest BCUT2D eigenvalue weighted by Gasteiger charge is 2.18. The molecule has 1 heterocycles. The number of benzene rings is 2. The highest BCUT2D eigenvalue weighted by atomic mass is 16.1. The topological polar surface area (TPSA) is 56.6 Å². The van der Waals surface area contributed by atoms with Gasteiger partial charge in [0.15, 0.2) is 0 Å². The number of carbonyl (C=O) groups excluding carboxylic acids is 1. The van der Waals surface area contributed by atoms with Gasteiger partial charge in [-0.1, -0.05) is 48.0 Å². The number of aryl methyl sites for hydroxylation is 1. The molecule has 0 bridgehead atoms. The van der Waals surface area contributed by atoms with E-state index in [1.54, 1.807) is 0 Å². The first-order chi connectivity index (χ1) is 10.2. The van der Waals surface area contributed by atoms with Crippen molar-refractivity contribution < 1.29 is 4.79 Å². The summed E-state index contributed by atoms with van der Waals surface area (Å²) in [6.45, 7) is 1.98. The minimum absolute atomic E-state index is 0.0727. The molecule has 0 spiro atoms. The SMILES string of the molecule is Cc1ccc(C(=O)c2[nH]c3ccccc3c2CC#N)cc1. The number of nitrogens with zero attached hydrogens (tertiary/aromatic N) is 1. The lowest BCUT2D eigenvalue weighted by Gasteiger charge is -2.02. The van der Waals surface area contributed by atoms with Crippen molar-refractivity contribution in [3.63, 3.8) is 0 Å². The molecule has 3 nitrogen and oxygen atoms in total. The van der Waals surface area contributed by atoms with Crippen molar-refractivity contribution in [2.75, 3.05) is 0 Å². The van der Waals surface area contributed by atoms with Crippen molar-refractivity contribution >= 4 is 16.7 Å². The van der Waals surface area contributed by atoms with Gasteiger partial charge in [0.2, 0.25) is 5.78 Å². The van der Waals surface area contributed by atoms with Crippen LogP contribution in [0.3, 0.4) is 0 Å². The summed E-state index contributed by atoms with van der Waals surface area (Å²) in [4.78, 5) is 15.8. The third-order valence-corrected chi connectivity index (χ3v) is 3.61. The van der Waals surface area contributed by atoms with Crippen LogP contribution in [0, 0.1) is 18.3 Å². The Kier molecular flexibility index (Phi) is 3.29. The van der Waals surface area contributed by atoms with Gasteiger partial charge in [0.05, 0.1) is 18.2 Å². The molecule has 0 fully saturated rings. The molecule has 21 heavy (non-hydrogen) atoms. The summed E-state index contributed by atoms with van der Waals surface area (Å²) in [7, 11) is 0. The zero-order valence-electron chi connectivity index (χ0n) is 11.7. The molecule has 1 N–H and O–H groups in total. The van der Waals surface area contributed by atoms with Crippen molar-refractivity contribution in [2.45, 2.75) is 13.3 Å². The van der Waals surface area contributed by atoms with E-state index in [-0.39, 0.29) is 12.2 Å². The van der Waals surface area contributed by atoms with Crippen LogP contribution in [0.2, 0.25) is 0 Å². The molecule has 0 radical (unpaired) electrons. The molecule has 0 atom stereocenters. The number of nitrogens with one attached hydrogen (secondary N) is 1. The molecule has 0 amide bonds. The number of ketones is 1. The number of aromatic amines is 1. The van der Waals surface area contributed by atoms with Crippen LogP contribution in [0.4, 0.5) is 0 Å². The molecule has 3 rings (SSSR count). The zero-order valence-corrected chi connectivity index (χ0v) is 11.7. The van der Waals surface area contributed by atoms with Gasteiger partial charge in [-0.15, -0.1) is 0 Å². The molecule has 3 heteroatoms. The van der Waals surface area contributed by atoms with Gasteiger partial charge < -0.3 is 4.98 Å². The Labute approximate surface area is 122 Å². The Hall–Kier alpha value is -2.86. The fourth-order valence-electron chi connectivity index (χ4n) is 2.51. The summed E-state index contributed by atoms with van der Waals surface area (Å²) in [6, 6.07) is 17.3. The second-order valence-corrected chi connectivity index (χ2v) is 5.05. The average molecular weight is 274 g/mol. The lowest BCUT2D eigenvalue weighted by Crippen LogP contribution is -2.05. The predicted octanol–water partition coefficient (Wildman–Crippen LogP) is 3.77. The van der Waals surface area contributed by atoms with Crippen LogP contribution in [0.5, 0.6) is 0 Å². The van der Waals surface area contributed by atoms with Crippen molar-refractivity contribution in [1.29, 1.82) is 5.26 Å². The van der Waals surface area contributed by atoms with Gasteiger partial charge in [-0.2, -0.15) is 5.26 Å². The summed E-state index contributed by atoms with van der Waals surface area (Å²) in [5, 5.41) is 9.97. The molecule has 3 aromatic rings. The number of carbonyl (C=O) groups is 1. The molecule has 0 saturated heterocycles. The number of H-pyrrole nitrogens is 1. The fraction of sp³-hybridized carbons (Fsp3) is 0.111. The van der Waals surface area contributed by atoms with Crippen LogP contribution in [0.15, 0.2) is 48.5 Å². The molecule has 0 aliphatic heterocycles. The van der Waals surface area contributed by atoms with Crippen molar-refractivity contribution in [3.05, 3.63) is 70.9 Å². The van der Waals surface area contributed by atoms with Crippen LogP contribution in [0.25, 0.3) is 10.9 Å². The Morgan fingerprint density at radius 1 is 1.14 bits per heavy atom. The first kappa shape index (κ1) is 13.1. The quantitative estimate of drug-likeness (QED) is 0.739. The Balaban J connectivity index is 2.15. The first-order valence-corrected chi connectivity index (χ1v) is 6.78. The van der Waals surface area contributed by atoms with Gasteiger partial charge in [-0.25, -0.2) is 0 Å². The van der Waals surface area contributed by atoms with Crippen molar-refractivity contribution in [3.8, 4) is 6.07 Å². The van der Waals surface area contributed by atoms with Gasteiger partial charge in [-0.3, -0.25) is 4.79 Å². The van der Waals surface area contributed by atoms with Crippen molar-refractivity contribution in [2.24, 2.45) is 0 Å². The molecule has 0 aliphatic rings. The van der Waals surface area contributed by atoms with E-state index in [1.807, 2.05) is 55.5 Å². The largest absolute Gasteiger partial charge is 0.352 e. The lowest BCUT2D eigenvalue weighted by atomic mass is 10.0. The van der Waals surface area contributed by atoms with Gasteiger partial charge in [0.25, 0.3) is 0 Å². The second-order valence-electron chi connectivity index (χ2n) is 5.05. The van der Waals surface area contributed by atoms with Crippen LogP contribution < -0.4 is 0 Å². The Morgan fingerprint density at radius 3 is 2.57 bits per heavy atom. The van der Waals surface area contributed by atoms with E-state index >= 15 is 0 Å². The van der Waals surface area contributed by atoms with Crippen molar-refractivity contribution in [1.82, 2.24) is 4.98 Å². The van der Waals surface area contributed by atoms with Crippen LogP contribution in [0.1, 0.15) is 27.2 Å². The smallest absolute Gasteiger partial charge is 0.209 e.